The molecule has 1 fully saturated rings. The number of carbonyl (C=O) groups excluding carboxylic acids is 1. The zero-order chi connectivity index (χ0) is 19.3. The van der Waals surface area contributed by atoms with E-state index in [-0.39, 0.29) is 5.91 Å². The molecule has 0 bridgehead atoms. The van der Waals surface area contributed by atoms with Crippen LogP contribution in [0.3, 0.4) is 0 Å². The maximum Gasteiger partial charge on any atom is 0.251 e. The van der Waals surface area contributed by atoms with Gasteiger partial charge < -0.3 is 5.32 Å². The van der Waals surface area contributed by atoms with Crippen LogP contribution in [0.4, 0.5) is 0 Å². The molecule has 0 unspecified atom stereocenters. The molecular weight excluding hydrogens is 360 g/mol. The molecule has 2 aromatic carbocycles. The second-order valence-electron chi connectivity index (χ2n) is 7.17. The van der Waals surface area contributed by atoms with Gasteiger partial charge in [0.1, 0.15) is 0 Å². The van der Waals surface area contributed by atoms with Crippen molar-refractivity contribution < 1.29 is 13.2 Å². The highest BCUT2D eigenvalue weighted by molar-refractivity contribution is 7.88. The Bertz CT molecular complexity index is 856. The van der Waals surface area contributed by atoms with Crippen molar-refractivity contribution in [1.82, 2.24) is 9.62 Å². The Kier molecular flexibility index (Phi) is 6.29. The van der Waals surface area contributed by atoms with E-state index in [0.717, 1.165) is 24.8 Å². The maximum atomic E-state index is 12.3. The molecule has 1 saturated heterocycles. The van der Waals surface area contributed by atoms with Gasteiger partial charge in [0.05, 0.1) is 6.26 Å². The van der Waals surface area contributed by atoms with E-state index in [1.807, 2.05) is 54.6 Å². The van der Waals surface area contributed by atoms with Crippen molar-refractivity contribution in [2.24, 2.45) is 5.92 Å². The van der Waals surface area contributed by atoms with Gasteiger partial charge in [-0.1, -0.05) is 42.5 Å². The summed E-state index contributed by atoms with van der Waals surface area (Å²) in [4.78, 5) is 12.3. The second-order valence-corrected chi connectivity index (χ2v) is 9.16. The van der Waals surface area contributed by atoms with Gasteiger partial charge in [0.15, 0.2) is 0 Å². The van der Waals surface area contributed by atoms with E-state index in [1.165, 1.54) is 11.8 Å². The Morgan fingerprint density at radius 1 is 1.00 bits per heavy atom. The van der Waals surface area contributed by atoms with Gasteiger partial charge in [-0.25, -0.2) is 12.7 Å². The van der Waals surface area contributed by atoms with Gasteiger partial charge in [-0.15, -0.1) is 0 Å². The molecule has 3 rings (SSSR count). The minimum absolute atomic E-state index is 0.0770. The van der Waals surface area contributed by atoms with E-state index in [4.69, 9.17) is 0 Å². The smallest absolute Gasteiger partial charge is 0.251 e. The van der Waals surface area contributed by atoms with Gasteiger partial charge in [0.2, 0.25) is 10.0 Å². The topological polar surface area (TPSA) is 66.5 Å². The number of benzene rings is 2. The lowest BCUT2D eigenvalue weighted by Crippen LogP contribution is -2.38. The minimum Gasteiger partial charge on any atom is -0.348 e. The first kappa shape index (κ1) is 19.6. The van der Waals surface area contributed by atoms with Gasteiger partial charge in [0.25, 0.3) is 5.91 Å². The van der Waals surface area contributed by atoms with E-state index in [9.17, 15) is 13.2 Å². The van der Waals surface area contributed by atoms with E-state index in [1.54, 1.807) is 4.31 Å². The summed E-state index contributed by atoms with van der Waals surface area (Å²) in [5.41, 5.74) is 2.91. The number of hydrogen-bond donors (Lipinski definition) is 1. The number of carbonyl (C=O) groups is 1. The molecule has 5 nitrogen and oxygen atoms in total. The second kappa shape index (κ2) is 8.67. The van der Waals surface area contributed by atoms with Crippen LogP contribution in [0.15, 0.2) is 54.6 Å². The molecule has 27 heavy (non-hydrogen) atoms. The van der Waals surface area contributed by atoms with Crippen molar-refractivity contribution in [3.8, 4) is 0 Å². The summed E-state index contributed by atoms with van der Waals surface area (Å²) >= 11 is 0. The zero-order valence-electron chi connectivity index (χ0n) is 15.6. The third kappa shape index (κ3) is 5.65. The van der Waals surface area contributed by atoms with Gasteiger partial charge in [-0.3, -0.25) is 4.79 Å². The quantitative estimate of drug-likeness (QED) is 0.830. The van der Waals surface area contributed by atoms with Crippen molar-refractivity contribution in [2.75, 3.05) is 19.3 Å². The fourth-order valence-electron chi connectivity index (χ4n) is 3.45. The SMILES string of the molecule is CS(=O)(=O)N1CCC(Cc2ccc(C(=O)NCc3ccccc3)cc2)CC1. The monoisotopic (exact) mass is 386 g/mol. The number of amides is 1. The van der Waals surface area contributed by atoms with Gasteiger partial charge in [0, 0.05) is 25.2 Å². The summed E-state index contributed by atoms with van der Waals surface area (Å²) in [6, 6.07) is 17.6. The summed E-state index contributed by atoms with van der Waals surface area (Å²) in [7, 11) is -3.07. The minimum atomic E-state index is -3.07. The molecular formula is C21H26N2O3S. The molecule has 1 aliphatic heterocycles. The molecule has 6 heteroatoms. The number of rotatable bonds is 6. The molecule has 0 radical (unpaired) electrons. The first-order valence-corrected chi connectivity index (χ1v) is 11.1. The number of sulfonamides is 1. The number of hydrogen-bond acceptors (Lipinski definition) is 3. The van der Waals surface area contributed by atoms with Crippen LogP contribution in [0.25, 0.3) is 0 Å². The Morgan fingerprint density at radius 3 is 2.22 bits per heavy atom. The first-order valence-electron chi connectivity index (χ1n) is 9.28. The van der Waals surface area contributed by atoms with Crippen molar-refractivity contribution >= 4 is 15.9 Å². The summed E-state index contributed by atoms with van der Waals surface area (Å²) in [5, 5.41) is 2.93. The lowest BCUT2D eigenvalue weighted by atomic mass is 9.91. The van der Waals surface area contributed by atoms with Crippen molar-refractivity contribution in [3.05, 3.63) is 71.3 Å². The fourth-order valence-corrected chi connectivity index (χ4v) is 4.32. The summed E-state index contributed by atoms with van der Waals surface area (Å²) in [6.07, 6.45) is 3.96. The Hall–Kier alpha value is -2.18. The lowest BCUT2D eigenvalue weighted by molar-refractivity contribution is 0.0951. The molecule has 0 aliphatic carbocycles. The van der Waals surface area contributed by atoms with E-state index in [2.05, 4.69) is 5.32 Å². The molecule has 1 amide bonds. The van der Waals surface area contributed by atoms with E-state index < -0.39 is 10.0 Å². The third-order valence-electron chi connectivity index (χ3n) is 5.08. The lowest BCUT2D eigenvalue weighted by Gasteiger charge is -2.30. The standard InChI is InChI=1S/C21H26N2O3S/c1-27(25,26)23-13-11-18(12-14-23)15-17-7-9-20(10-8-17)21(24)22-16-19-5-3-2-4-6-19/h2-10,18H,11-16H2,1H3,(H,22,24). The molecule has 1 aliphatic rings. The Labute approximate surface area is 161 Å². The normalized spacial score (nSPS) is 16.2. The van der Waals surface area contributed by atoms with Crippen molar-refractivity contribution in [1.29, 1.82) is 0 Å². The summed E-state index contributed by atoms with van der Waals surface area (Å²) in [5.74, 6) is 0.410. The van der Waals surface area contributed by atoms with Crippen molar-refractivity contribution in [2.45, 2.75) is 25.8 Å². The molecule has 1 N–H and O–H groups in total. The maximum absolute atomic E-state index is 12.3. The zero-order valence-corrected chi connectivity index (χ0v) is 16.4. The molecule has 144 valence electrons. The van der Waals surface area contributed by atoms with E-state index >= 15 is 0 Å². The Morgan fingerprint density at radius 2 is 1.63 bits per heavy atom. The third-order valence-corrected chi connectivity index (χ3v) is 6.38. The molecule has 0 aromatic heterocycles. The van der Waals surface area contributed by atoms with Gasteiger partial charge >= 0.3 is 0 Å². The highest BCUT2D eigenvalue weighted by atomic mass is 32.2. The van der Waals surface area contributed by atoms with Crippen LogP contribution in [0, 0.1) is 5.92 Å². The van der Waals surface area contributed by atoms with Crippen LogP contribution in [0.2, 0.25) is 0 Å². The molecule has 1 heterocycles. The number of nitrogens with one attached hydrogen (secondary N) is 1. The van der Waals surface area contributed by atoms with Crippen LogP contribution in [0.1, 0.15) is 34.3 Å². The van der Waals surface area contributed by atoms with Gasteiger partial charge in [-0.2, -0.15) is 0 Å². The first-order chi connectivity index (χ1) is 12.9. The molecule has 0 atom stereocenters. The van der Waals surface area contributed by atoms with Crippen LogP contribution in [0.5, 0.6) is 0 Å². The van der Waals surface area contributed by atoms with Crippen molar-refractivity contribution in [3.63, 3.8) is 0 Å². The molecule has 0 saturated carbocycles. The highest BCUT2D eigenvalue weighted by Gasteiger charge is 2.24. The van der Waals surface area contributed by atoms with Crippen LogP contribution in [-0.4, -0.2) is 38.0 Å². The van der Waals surface area contributed by atoms with Crippen LogP contribution < -0.4 is 5.32 Å². The predicted molar refractivity (Wildman–Crippen MR) is 107 cm³/mol. The summed E-state index contributed by atoms with van der Waals surface area (Å²) < 4.78 is 24.7. The predicted octanol–water partition coefficient (Wildman–Crippen LogP) is 2.83. The Balaban J connectivity index is 1.49. The molecule has 2 aromatic rings. The highest BCUT2D eigenvalue weighted by Crippen LogP contribution is 2.23. The molecule has 0 spiro atoms. The number of nitrogens with zero attached hydrogens (tertiary/aromatic N) is 1. The average Bonchev–Trinajstić information content (AvgIpc) is 2.67. The average molecular weight is 387 g/mol. The summed E-state index contributed by atoms with van der Waals surface area (Å²) in [6.45, 7) is 1.72. The van der Waals surface area contributed by atoms with Crippen LogP contribution in [-0.2, 0) is 23.0 Å². The fraction of sp³-hybridized carbons (Fsp3) is 0.381. The number of piperidine rings is 1. The van der Waals surface area contributed by atoms with E-state index in [0.29, 0.717) is 31.1 Å². The van der Waals surface area contributed by atoms with Gasteiger partial charge in [-0.05, 0) is 48.4 Å². The largest absolute Gasteiger partial charge is 0.348 e. The van der Waals surface area contributed by atoms with Crippen LogP contribution >= 0.6 is 0 Å².